The van der Waals surface area contributed by atoms with Crippen LogP contribution >= 0.6 is 34.7 Å². The van der Waals surface area contributed by atoms with E-state index in [0.717, 1.165) is 17.0 Å². The molecule has 1 aliphatic heterocycles. The zero-order chi connectivity index (χ0) is 23.4. The zero-order valence-electron chi connectivity index (χ0n) is 17.6. The van der Waals surface area contributed by atoms with E-state index in [4.69, 9.17) is 21.1 Å². The first-order chi connectivity index (χ1) is 15.8. The van der Waals surface area contributed by atoms with Crippen LogP contribution in [0, 0.1) is 11.6 Å². The minimum absolute atomic E-state index is 0.00698. The molecule has 1 saturated heterocycles. The molecule has 0 saturated carbocycles. The summed E-state index contributed by atoms with van der Waals surface area (Å²) in [6, 6.07) is 6.91. The van der Waals surface area contributed by atoms with Crippen LogP contribution in [0.15, 0.2) is 49.1 Å². The van der Waals surface area contributed by atoms with E-state index < -0.39 is 28.8 Å². The molecule has 11 heteroatoms. The number of nitrogens with zero attached hydrogens (tertiary/aromatic N) is 3. The number of hydrogen-bond acceptors (Lipinski definition) is 7. The van der Waals surface area contributed by atoms with Crippen molar-refractivity contribution in [3.63, 3.8) is 0 Å². The van der Waals surface area contributed by atoms with Crippen molar-refractivity contribution in [2.75, 3.05) is 13.2 Å². The molecule has 33 heavy (non-hydrogen) atoms. The lowest BCUT2D eigenvalue weighted by atomic mass is 9.90. The summed E-state index contributed by atoms with van der Waals surface area (Å²) < 4.78 is 41.9. The first-order valence-corrected chi connectivity index (χ1v) is 12.3. The van der Waals surface area contributed by atoms with E-state index in [2.05, 4.69) is 10.1 Å². The van der Waals surface area contributed by atoms with Gasteiger partial charge in [-0.05, 0) is 30.4 Å². The lowest BCUT2D eigenvalue weighted by Crippen LogP contribution is -2.43. The van der Waals surface area contributed by atoms with Crippen molar-refractivity contribution in [3.8, 4) is 0 Å². The largest absolute Gasteiger partial charge is 0.382 e. The summed E-state index contributed by atoms with van der Waals surface area (Å²) in [6.45, 7) is 2.52. The van der Waals surface area contributed by atoms with Gasteiger partial charge in [0.25, 0.3) is 0 Å². The van der Waals surface area contributed by atoms with Gasteiger partial charge in [0.2, 0.25) is 0 Å². The van der Waals surface area contributed by atoms with Crippen LogP contribution in [0.25, 0.3) is 6.08 Å². The SMILES string of the molecule is C[C@@H](SC1COC(/C=C/c2ccc(Cl)s2)OC1)[C@](O)(Cn1cncn1)c1ccc(F)cc1F. The average Bonchev–Trinajstić information content (AvgIpc) is 3.44. The van der Waals surface area contributed by atoms with Gasteiger partial charge in [0.1, 0.15) is 29.9 Å². The topological polar surface area (TPSA) is 69.4 Å². The molecule has 0 bridgehead atoms. The third-order valence-electron chi connectivity index (χ3n) is 5.24. The molecule has 0 radical (unpaired) electrons. The summed E-state index contributed by atoms with van der Waals surface area (Å²) >= 11 is 8.82. The Labute approximate surface area is 203 Å². The molecule has 1 aliphatic rings. The van der Waals surface area contributed by atoms with Crippen LogP contribution in [-0.4, -0.2) is 49.9 Å². The molecule has 6 nitrogen and oxygen atoms in total. The van der Waals surface area contributed by atoms with Crippen molar-refractivity contribution in [1.29, 1.82) is 0 Å². The fourth-order valence-corrected chi connectivity index (χ4v) is 5.81. The summed E-state index contributed by atoms with van der Waals surface area (Å²) in [5.41, 5.74) is -1.68. The van der Waals surface area contributed by atoms with Crippen molar-refractivity contribution in [2.45, 2.75) is 35.9 Å². The van der Waals surface area contributed by atoms with Crippen LogP contribution in [0.1, 0.15) is 17.4 Å². The van der Waals surface area contributed by atoms with Crippen LogP contribution in [0.2, 0.25) is 4.34 Å². The molecule has 0 spiro atoms. The Morgan fingerprint density at radius 2 is 2.12 bits per heavy atom. The molecule has 3 heterocycles. The van der Waals surface area contributed by atoms with Crippen LogP contribution in [0.3, 0.4) is 0 Å². The average molecular weight is 514 g/mol. The molecule has 2 aromatic heterocycles. The van der Waals surface area contributed by atoms with Gasteiger partial charge < -0.3 is 14.6 Å². The zero-order valence-corrected chi connectivity index (χ0v) is 20.0. The van der Waals surface area contributed by atoms with E-state index in [0.29, 0.717) is 17.6 Å². The Morgan fingerprint density at radius 3 is 2.76 bits per heavy atom. The third-order valence-corrected chi connectivity index (χ3v) is 7.89. The molecule has 0 amide bonds. The van der Waals surface area contributed by atoms with Crippen molar-refractivity contribution in [2.24, 2.45) is 0 Å². The fourth-order valence-electron chi connectivity index (χ4n) is 3.52. The number of rotatable bonds is 8. The molecule has 2 atom stereocenters. The molecule has 176 valence electrons. The first kappa shape index (κ1) is 24.3. The highest BCUT2D eigenvalue weighted by molar-refractivity contribution is 8.00. The standard InChI is InChI=1S/C22H22ClF2N3O3S2/c1-14(32-17-9-30-21(31-10-17)7-4-16-3-6-20(23)33-16)22(29,11-28-13-26-12-27-28)18-5-2-15(24)8-19(18)25/h2-8,12-14,17,21,29H,9-11H2,1H3/b7-4+/t14-,17?,21?,22-/m1/s1. The lowest BCUT2D eigenvalue weighted by Gasteiger charge is -2.37. The predicted molar refractivity (Wildman–Crippen MR) is 125 cm³/mol. The maximum atomic E-state index is 14.7. The number of aromatic nitrogens is 3. The summed E-state index contributed by atoms with van der Waals surface area (Å²) in [4.78, 5) is 4.88. The number of benzene rings is 1. The molecule has 1 fully saturated rings. The second kappa shape index (κ2) is 10.6. The number of hydrogen-bond donors (Lipinski definition) is 1. The Bertz CT molecular complexity index is 1090. The molecule has 1 aromatic carbocycles. The van der Waals surface area contributed by atoms with Gasteiger partial charge in [-0.25, -0.2) is 18.4 Å². The monoisotopic (exact) mass is 513 g/mol. The molecule has 0 unspecified atom stereocenters. The molecular formula is C22H22ClF2N3O3S2. The van der Waals surface area contributed by atoms with Gasteiger partial charge in [-0.3, -0.25) is 0 Å². The molecular weight excluding hydrogens is 492 g/mol. The molecule has 1 N–H and O–H groups in total. The molecule has 4 rings (SSSR count). The second-order valence-corrected chi connectivity index (χ2v) is 11.0. The van der Waals surface area contributed by atoms with Crippen LogP contribution < -0.4 is 0 Å². The van der Waals surface area contributed by atoms with Gasteiger partial charge in [0.05, 0.1) is 29.3 Å². The number of thiophene rings is 1. The maximum absolute atomic E-state index is 14.7. The van der Waals surface area contributed by atoms with E-state index in [-0.39, 0.29) is 17.4 Å². The summed E-state index contributed by atoms with van der Waals surface area (Å²) in [7, 11) is 0. The summed E-state index contributed by atoms with van der Waals surface area (Å²) in [5.74, 6) is -1.53. The highest BCUT2D eigenvalue weighted by Crippen LogP contribution is 2.38. The lowest BCUT2D eigenvalue weighted by molar-refractivity contribution is -0.146. The minimum atomic E-state index is -1.68. The number of aliphatic hydroxyl groups is 1. The van der Waals surface area contributed by atoms with Crippen molar-refractivity contribution >= 4 is 40.8 Å². The van der Waals surface area contributed by atoms with E-state index in [1.165, 1.54) is 46.5 Å². The van der Waals surface area contributed by atoms with E-state index >= 15 is 0 Å². The van der Waals surface area contributed by atoms with Gasteiger partial charge in [-0.15, -0.1) is 23.1 Å². The van der Waals surface area contributed by atoms with Crippen molar-refractivity contribution < 1.29 is 23.4 Å². The van der Waals surface area contributed by atoms with Gasteiger partial charge in [-0.2, -0.15) is 5.10 Å². The van der Waals surface area contributed by atoms with Crippen LogP contribution in [0.5, 0.6) is 0 Å². The summed E-state index contributed by atoms with van der Waals surface area (Å²) in [5, 5.41) is 15.1. The Kier molecular flexibility index (Phi) is 7.83. The smallest absolute Gasteiger partial charge is 0.177 e. The minimum Gasteiger partial charge on any atom is -0.382 e. The fraction of sp³-hybridized carbons (Fsp3) is 0.364. The van der Waals surface area contributed by atoms with Crippen LogP contribution in [-0.2, 0) is 21.6 Å². The first-order valence-electron chi connectivity index (χ1n) is 10.2. The maximum Gasteiger partial charge on any atom is 0.177 e. The van der Waals surface area contributed by atoms with Gasteiger partial charge >= 0.3 is 0 Å². The normalized spacial score (nSPS) is 21.8. The third kappa shape index (κ3) is 6.00. The number of ether oxygens (including phenoxy) is 2. The van der Waals surface area contributed by atoms with E-state index in [9.17, 15) is 13.9 Å². The highest BCUT2D eigenvalue weighted by Gasteiger charge is 2.41. The second-order valence-electron chi connectivity index (χ2n) is 7.58. The Morgan fingerprint density at radius 1 is 1.33 bits per heavy atom. The predicted octanol–water partition coefficient (Wildman–Crippen LogP) is 4.74. The quantitative estimate of drug-likeness (QED) is 0.469. The molecule has 3 aromatic rings. The van der Waals surface area contributed by atoms with Crippen molar-refractivity contribution in [1.82, 2.24) is 14.8 Å². The number of thioether (sulfide) groups is 1. The summed E-state index contributed by atoms with van der Waals surface area (Å²) in [6.07, 6.45) is 6.00. The van der Waals surface area contributed by atoms with Gasteiger partial charge in [0.15, 0.2) is 6.29 Å². The van der Waals surface area contributed by atoms with Crippen LogP contribution in [0.4, 0.5) is 8.78 Å². The van der Waals surface area contributed by atoms with Gasteiger partial charge in [0, 0.05) is 21.8 Å². The molecule has 0 aliphatic carbocycles. The highest BCUT2D eigenvalue weighted by atomic mass is 35.5. The van der Waals surface area contributed by atoms with Crippen molar-refractivity contribution in [3.05, 3.63) is 75.5 Å². The Balaban J connectivity index is 1.43. The number of halogens is 3. The van der Waals surface area contributed by atoms with E-state index in [1.54, 1.807) is 6.92 Å². The Hall–Kier alpha value is -1.82. The van der Waals surface area contributed by atoms with Gasteiger partial charge in [-0.1, -0.05) is 24.6 Å². The van der Waals surface area contributed by atoms with E-state index in [1.807, 2.05) is 24.3 Å².